The molecule has 0 bridgehead atoms. The molecule has 88 valence electrons. The Morgan fingerprint density at radius 2 is 2.50 bits per heavy atom. The largest absolute Gasteiger partial charge is 0.459 e. The van der Waals surface area contributed by atoms with Gasteiger partial charge in [0.15, 0.2) is 5.76 Å². The molecule has 1 aromatic heterocycles. The molecule has 1 saturated heterocycles. The SMILES string of the molecule is Cc1ccoc1C(=O)N1CCOC(CCl)C1. The molecule has 1 aliphatic rings. The van der Waals surface area contributed by atoms with Crippen molar-refractivity contribution in [2.75, 3.05) is 25.6 Å². The van der Waals surface area contributed by atoms with Crippen LogP contribution in [-0.2, 0) is 4.74 Å². The van der Waals surface area contributed by atoms with Crippen molar-refractivity contribution in [2.45, 2.75) is 13.0 Å². The summed E-state index contributed by atoms with van der Waals surface area (Å²) in [7, 11) is 0. The third-order valence-corrected chi connectivity index (χ3v) is 3.00. The van der Waals surface area contributed by atoms with Gasteiger partial charge in [0.1, 0.15) is 0 Å². The van der Waals surface area contributed by atoms with Crippen LogP contribution in [0.3, 0.4) is 0 Å². The molecule has 0 aromatic carbocycles. The number of aryl methyl sites for hydroxylation is 1. The summed E-state index contributed by atoms with van der Waals surface area (Å²) >= 11 is 5.72. The molecule has 0 radical (unpaired) electrons. The Kier molecular flexibility index (Phi) is 3.51. The molecule has 0 saturated carbocycles. The minimum absolute atomic E-state index is 0.0744. The number of carbonyl (C=O) groups is 1. The highest BCUT2D eigenvalue weighted by atomic mass is 35.5. The first kappa shape index (κ1) is 11.5. The van der Waals surface area contributed by atoms with Crippen molar-refractivity contribution in [3.05, 3.63) is 23.7 Å². The highest BCUT2D eigenvalue weighted by Crippen LogP contribution is 2.15. The fraction of sp³-hybridized carbons (Fsp3) is 0.545. The number of furan rings is 1. The molecule has 0 N–H and O–H groups in total. The van der Waals surface area contributed by atoms with Crippen molar-refractivity contribution in [3.8, 4) is 0 Å². The van der Waals surface area contributed by atoms with E-state index >= 15 is 0 Å². The lowest BCUT2D eigenvalue weighted by atomic mass is 10.2. The molecule has 1 unspecified atom stereocenters. The number of morpholine rings is 1. The molecule has 0 spiro atoms. The zero-order valence-corrected chi connectivity index (χ0v) is 9.87. The number of carbonyl (C=O) groups excluding carboxylic acids is 1. The van der Waals surface area contributed by atoms with E-state index in [1.807, 2.05) is 6.92 Å². The van der Waals surface area contributed by atoms with E-state index in [0.717, 1.165) is 5.56 Å². The fourth-order valence-corrected chi connectivity index (χ4v) is 1.92. The number of rotatable bonds is 2. The van der Waals surface area contributed by atoms with Crippen LogP contribution in [0.25, 0.3) is 0 Å². The highest BCUT2D eigenvalue weighted by molar-refractivity contribution is 6.18. The molecule has 1 atom stereocenters. The molecular weight excluding hydrogens is 230 g/mol. The van der Waals surface area contributed by atoms with Crippen LogP contribution in [0.2, 0.25) is 0 Å². The average molecular weight is 244 g/mol. The predicted molar refractivity (Wildman–Crippen MR) is 59.8 cm³/mol. The number of amides is 1. The van der Waals surface area contributed by atoms with Gasteiger partial charge in [0.25, 0.3) is 5.91 Å². The molecule has 2 rings (SSSR count). The molecule has 0 aliphatic carbocycles. The Balaban J connectivity index is 2.07. The van der Waals surface area contributed by atoms with E-state index in [1.54, 1.807) is 11.0 Å². The van der Waals surface area contributed by atoms with Gasteiger partial charge in [-0.2, -0.15) is 0 Å². The summed E-state index contributed by atoms with van der Waals surface area (Å²) in [6.07, 6.45) is 1.46. The minimum Gasteiger partial charge on any atom is -0.459 e. The standard InChI is InChI=1S/C11H14ClNO3/c1-8-2-4-16-10(8)11(14)13-3-5-15-9(6-12)7-13/h2,4,9H,3,5-7H2,1H3. The Labute approximate surface area is 99.1 Å². The first-order valence-electron chi connectivity index (χ1n) is 5.23. The third-order valence-electron chi connectivity index (χ3n) is 2.65. The summed E-state index contributed by atoms with van der Waals surface area (Å²) in [6.45, 7) is 3.51. The van der Waals surface area contributed by atoms with Crippen molar-refractivity contribution < 1.29 is 13.9 Å². The van der Waals surface area contributed by atoms with E-state index in [4.69, 9.17) is 20.8 Å². The van der Waals surface area contributed by atoms with Gasteiger partial charge >= 0.3 is 0 Å². The zero-order valence-electron chi connectivity index (χ0n) is 9.11. The Hall–Kier alpha value is -1.00. The smallest absolute Gasteiger partial charge is 0.289 e. The first-order chi connectivity index (χ1) is 7.72. The Bertz CT molecular complexity index is 377. The lowest BCUT2D eigenvalue weighted by Crippen LogP contribution is -2.46. The number of ether oxygens (including phenoxy) is 1. The summed E-state index contributed by atoms with van der Waals surface area (Å²) in [4.78, 5) is 13.8. The second kappa shape index (κ2) is 4.89. The predicted octanol–water partition coefficient (Wildman–Crippen LogP) is 1.67. The van der Waals surface area contributed by atoms with E-state index in [-0.39, 0.29) is 12.0 Å². The van der Waals surface area contributed by atoms with Crippen molar-refractivity contribution in [3.63, 3.8) is 0 Å². The molecule has 16 heavy (non-hydrogen) atoms. The average Bonchev–Trinajstić information content (AvgIpc) is 2.74. The van der Waals surface area contributed by atoms with Gasteiger partial charge in [-0.1, -0.05) is 0 Å². The first-order valence-corrected chi connectivity index (χ1v) is 5.76. The molecule has 5 heteroatoms. The van der Waals surface area contributed by atoms with Crippen molar-refractivity contribution in [2.24, 2.45) is 0 Å². The van der Waals surface area contributed by atoms with Crippen LogP contribution in [0.1, 0.15) is 16.1 Å². The molecular formula is C11H14ClNO3. The van der Waals surface area contributed by atoms with Crippen LogP contribution in [0.5, 0.6) is 0 Å². The number of halogens is 1. The van der Waals surface area contributed by atoms with Crippen molar-refractivity contribution >= 4 is 17.5 Å². The third kappa shape index (κ3) is 2.23. The van der Waals surface area contributed by atoms with E-state index in [1.165, 1.54) is 6.26 Å². The maximum absolute atomic E-state index is 12.1. The molecule has 1 aromatic rings. The van der Waals surface area contributed by atoms with Gasteiger partial charge < -0.3 is 14.1 Å². The van der Waals surface area contributed by atoms with Gasteiger partial charge in [0.2, 0.25) is 0 Å². The van der Waals surface area contributed by atoms with Gasteiger partial charge in [-0.15, -0.1) is 11.6 Å². The van der Waals surface area contributed by atoms with Crippen molar-refractivity contribution in [1.29, 1.82) is 0 Å². The zero-order chi connectivity index (χ0) is 11.5. The summed E-state index contributed by atoms with van der Waals surface area (Å²) in [5.74, 6) is 0.733. The molecule has 1 amide bonds. The minimum atomic E-state index is -0.0825. The number of alkyl halides is 1. The summed E-state index contributed by atoms with van der Waals surface area (Å²) in [6, 6.07) is 1.78. The van der Waals surface area contributed by atoms with Gasteiger partial charge in [-0.25, -0.2) is 0 Å². The van der Waals surface area contributed by atoms with E-state index in [9.17, 15) is 4.79 Å². The fourth-order valence-electron chi connectivity index (χ4n) is 1.73. The van der Waals surface area contributed by atoms with Crippen LogP contribution >= 0.6 is 11.6 Å². The van der Waals surface area contributed by atoms with E-state index in [0.29, 0.717) is 31.3 Å². The van der Waals surface area contributed by atoms with Crippen molar-refractivity contribution in [1.82, 2.24) is 4.90 Å². The van der Waals surface area contributed by atoms with Gasteiger partial charge in [0, 0.05) is 18.7 Å². The second-order valence-electron chi connectivity index (χ2n) is 3.83. The Morgan fingerprint density at radius 1 is 1.69 bits per heavy atom. The van der Waals surface area contributed by atoms with Gasteiger partial charge in [0.05, 0.1) is 24.9 Å². The lowest BCUT2D eigenvalue weighted by molar-refractivity contribution is -0.0119. The highest BCUT2D eigenvalue weighted by Gasteiger charge is 2.26. The van der Waals surface area contributed by atoms with Crippen LogP contribution in [0, 0.1) is 6.92 Å². The second-order valence-corrected chi connectivity index (χ2v) is 4.14. The maximum Gasteiger partial charge on any atom is 0.289 e. The van der Waals surface area contributed by atoms with Crippen LogP contribution in [-0.4, -0.2) is 42.5 Å². The number of nitrogens with zero attached hydrogens (tertiary/aromatic N) is 1. The monoisotopic (exact) mass is 243 g/mol. The Morgan fingerprint density at radius 3 is 3.12 bits per heavy atom. The van der Waals surface area contributed by atoms with Crippen LogP contribution in [0.15, 0.2) is 16.7 Å². The van der Waals surface area contributed by atoms with Gasteiger partial charge in [-0.05, 0) is 13.0 Å². The normalized spacial score (nSPS) is 21.1. The summed E-state index contributed by atoms with van der Waals surface area (Å²) in [5.41, 5.74) is 0.860. The molecule has 4 nitrogen and oxygen atoms in total. The van der Waals surface area contributed by atoms with Crippen LogP contribution in [0.4, 0.5) is 0 Å². The summed E-state index contributed by atoms with van der Waals surface area (Å²) < 4.78 is 10.6. The number of hydrogen-bond acceptors (Lipinski definition) is 3. The molecule has 1 fully saturated rings. The quantitative estimate of drug-likeness (QED) is 0.742. The topological polar surface area (TPSA) is 42.7 Å². The van der Waals surface area contributed by atoms with Crippen LogP contribution < -0.4 is 0 Å². The maximum atomic E-state index is 12.1. The van der Waals surface area contributed by atoms with Gasteiger partial charge in [-0.3, -0.25) is 4.79 Å². The number of hydrogen-bond donors (Lipinski definition) is 0. The van der Waals surface area contributed by atoms with E-state index in [2.05, 4.69) is 0 Å². The van der Waals surface area contributed by atoms with E-state index < -0.39 is 0 Å². The summed E-state index contributed by atoms with van der Waals surface area (Å²) in [5, 5.41) is 0. The lowest BCUT2D eigenvalue weighted by Gasteiger charge is -2.31. The molecule has 2 heterocycles. The molecule has 1 aliphatic heterocycles.